The Balaban J connectivity index is 1.92. The van der Waals surface area contributed by atoms with Gasteiger partial charge in [0.25, 0.3) is 0 Å². The number of hydrogen-bond acceptors (Lipinski definition) is 4. The summed E-state index contributed by atoms with van der Waals surface area (Å²) in [6, 6.07) is 7.64. The van der Waals surface area contributed by atoms with Crippen LogP contribution < -0.4 is 0 Å². The van der Waals surface area contributed by atoms with Crippen LogP contribution in [0.2, 0.25) is 0 Å². The predicted octanol–water partition coefficient (Wildman–Crippen LogP) is 1.81. The predicted molar refractivity (Wildman–Crippen MR) is 79.0 cm³/mol. The molecule has 0 aromatic heterocycles. The average Bonchev–Trinajstić information content (AvgIpc) is 2.77. The van der Waals surface area contributed by atoms with Crippen LogP contribution in [-0.2, 0) is 22.7 Å². The van der Waals surface area contributed by atoms with Crippen LogP contribution in [-0.4, -0.2) is 33.3 Å². The molecule has 1 aliphatic heterocycles. The number of benzene rings is 1. The molecule has 1 aliphatic rings. The molecule has 0 spiro atoms. The molecule has 1 heterocycles. The van der Waals surface area contributed by atoms with E-state index >= 15 is 0 Å². The Bertz CT molecular complexity index is 504. The van der Waals surface area contributed by atoms with Crippen LogP contribution in [0.15, 0.2) is 24.3 Å². The minimum Gasteiger partial charge on any atom is -0.392 e. The Kier molecular flexibility index (Phi) is 5.20. The van der Waals surface area contributed by atoms with E-state index in [1.54, 1.807) is 6.92 Å². The molecule has 0 aliphatic carbocycles. The molecule has 1 saturated heterocycles. The number of aliphatic hydroxyl groups excluding tert-OH is 1. The van der Waals surface area contributed by atoms with Gasteiger partial charge in [0, 0.05) is 32.2 Å². The molecule has 1 fully saturated rings. The van der Waals surface area contributed by atoms with Gasteiger partial charge in [0.2, 0.25) is 5.91 Å². The topological polar surface area (TPSA) is 57.6 Å². The summed E-state index contributed by atoms with van der Waals surface area (Å²) in [5.74, 6) is 1.12. The molecule has 4 nitrogen and oxygen atoms in total. The van der Waals surface area contributed by atoms with Crippen LogP contribution in [0.25, 0.3) is 0 Å². The Hall–Kier alpha value is -1.33. The van der Waals surface area contributed by atoms with Crippen molar-refractivity contribution in [3.63, 3.8) is 0 Å². The van der Waals surface area contributed by atoms with Crippen molar-refractivity contribution in [1.29, 1.82) is 0 Å². The molecule has 1 aromatic carbocycles. The quantitative estimate of drug-likeness (QED) is 0.899. The van der Waals surface area contributed by atoms with E-state index in [-0.39, 0.29) is 23.5 Å². The van der Waals surface area contributed by atoms with Gasteiger partial charge >= 0.3 is 0 Å². The molecule has 20 heavy (non-hydrogen) atoms. The van der Waals surface area contributed by atoms with Gasteiger partial charge in [-0.2, -0.15) is 0 Å². The first kappa shape index (κ1) is 15.1. The van der Waals surface area contributed by atoms with E-state index in [4.69, 9.17) is 5.11 Å². The summed E-state index contributed by atoms with van der Waals surface area (Å²) in [7, 11) is 0. The number of carbonyl (C=O) groups excluding carboxylic acids is 2. The van der Waals surface area contributed by atoms with E-state index in [2.05, 4.69) is 0 Å². The first-order valence-electron chi connectivity index (χ1n) is 6.68. The van der Waals surface area contributed by atoms with Crippen molar-refractivity contribution in [2.24, 2.45) is 5.92 Å². The first-order valence-corrected chi connectivity index (χ1v) is 7.67. The highest BCUT2D eigenvalue weighted by atomic mass is 32.2. The largest absolute Gasteiger partial charge is 0.392 e. The Morgan fingerprint density at radius 1 is 1.45 bits per heavy atom. The standard InChI is InChI=1S/C15H19NO3S/c1-11(18)20-10-14-6-15(19)16(8-14)7-12-3-2-4-13(5-12)9-17/h2-5,14,17H,6-10H2,1H3. The van der Waals surface area contributed by atoms with Crippen molar-refractivity contribution in [2.45, 2.75) is 26.5 Å². The number of hydrogen-bond donors (Lipinski definition) is 1. The van der Waals surface area contributed by atoms with Crippen molar-refractivity contribution in [3.05, 3.63) is 35.4 Å². The van der Waals surface area contributed by atoms with Crippen molar-refractivity contribution in [1.82, 2.24) is 4.90 Å². The monoisotopic (exact) mass is 293 g/mol. The van der Waals surface area contributed by atoms with Crippen LogP contribution in [0.3, 0.4) is 0 Å². The van der Waals surface area contributed by atoms with Crippen molar-refractivity contribution < 1.29 is 14.7 Å². The molecule has 0 saturated carbocycles. The molecule has 5 heteroatoms. The van der Waals surface area contributed by atoms with Crippen LogP contribution in [0.4, 0.5) is 0 Å². The van der Waals surface area contributed by atoms with Gasteiger partial charge in [-0.3, -0.25) is 9.59 Å². The average molecular weight is 293 g/mol. The fraction of sp³-hybridized carbons (Fsp3) is 0.467. The first-order chi connectivity index (χ1) is 9.58. The lowest BCUT2D eigenvalue weighted by Crippen LogP contribution is -2.24. The molecule has 1 amide bonds. The van der Waals surface area contributed by atoms with Crippen LogP contribution in [0.1, 0.15) is 24.5 Å². The minimum absolute atomic E-state index is 0.0136. The van der Waals surface area contributed by atoms with E-state index < -0.39 is 0 Å². The number of likely N-dealkylation sites (tertiary alicyclic amines) is 1. The highest BCUT2D eigenvalue weighted by Crippen LogP contribution is 2.24. The fourth-order valence-electron chi connectivity index (χ4n) is 2.40. The minimum atomic E-state index is 0.0136. The second kappa shape index (κ2) is 6.90. The normalized spacial score (nSPS) is 18.6. The molecule has 1 unspecified atom stereocenters. The highest BCUT2D eigenvalue weighted by molar-refractivity contribution is 8.13. The summed E-state index contributed by atoms with van der Waals surface area (Å²) >= 11 is 1.29. The number of rotatable bonds is 5. The van der Waals surface area contributed by atoms with Crippen LogP contribution in [0, 0.1) is 5.92 Å². The lowest BCUT2D eigenvalue weighted by atomic mass is 10.1. The van der Waals surface area contributed by atoms with E-state index in [1.165, 1.54) is 11.8 Å². The van der Waals surface area contributed by atoms with Crippen LogP contribution >= 0.6 is 11.8 Å². The molecular formula is C15H19NO3S. The number of aliphatic hydroxyl groups is 1. The second-order valence-electron chi connectivity index (χ2n) is 5.13. The summed E-state index contributed by atoms with van der Waals surface area (Å²) in [4.78, 5) is 24.8. The number of amides is 1. The van der Waals surface area contributed by atoms with Gasteiger partial charge in [-0.15, -0.1) is 0 Å². The Morgan fingerprint density at radius 3 is 2.90 bits per heavy atom. The van der Waals surface area contributed by atoms with Gasteiger partial charge in [-0.05, 0) is 17.0 Å². The fourth-order valence-corrected chi connectivity index (χ4v) is 3.09. The summed E-state index contributed by atoms with van der Waals surface area (Å²) in [6.45, 7) is 2.86. The van der Waals surface area contributed by atoms with Gasteiger partial charge in [-0.1, -0.05) is 36.0 Å². The van der Waals surface area contributed by atoms with E-state index in [0.717, 1.165) is 11.1 Å². The molecular weight excluding hydrogens is 274 g/mol. The third kappa shape index (κ3) is 4.08. The Labute approximate surface area is 123 Å². The molecule has 108 valence electrons. The molecule has 0 radical (unpaired) electrons. The van der Waals surface area contributed by atoms with Gasteiger partial charge in [0.15, 0.2) is 5.12 Å². The highest BCUT2D eigenvalue weighted by Gasteiger charge is 2.29. The number of carbonyl (C=O) groups is 2. The number of nitrogens with zero attached hydrogens (tertiary/aromatic N) is 1. The summed E-state index contributed by atoms with van der Waals surface area (Å²) in [6.07, 6.45) is 0.528. The zero-order chi connectivity index (χ0) is 14.5. The maximum Gasteiger partial charge on any atom is 0.223 e. The lowest BCUT2D eigenvalue weighted by Gasteiger charge is -2.17. The molecule has 2 rings (SSSR count). The summed E-state index contributed by atoms with van der Waals surface area (Å²) in [5, 5.41) is 9.23. The van der Waals surface area contributed by atoms with Gasteiger partial charge in [-0.25, -0.2) is 0 Å². The molecule has 1 N–H and O–H groups in total. The van der Waals surface area contributed by atoms with Gasteiger partial charge < -0.3 is 10.0 Å². The van der Waals surface area contributed by atoms with Crippen molar-refractivity contribution in [3.8, 4) is 0 Å². The maximum atomic E-state index is 12.0. The zero-order valence-corrected chi connectivity index (χ0v) is 12.4. The summed E-state index contributed by atoms with van der Waals surface area (Å²) < 4.78 is 0. The molecule has 1 aromatic rings. The molecule has 0 bridgehead atoms. The summed E-state index contributed by atoms with van der Waals surface area (Å²) in [5.41, 5.74) is 1.89. The molecule has 1 atom stereocenters. The maximum absolute atomic E-state index is 12.0. The van der Waals surface area contributed by atoms with E-state index in [9.17, 15) is 9.59 Å². The number of thioether (sulfide) groups is 1. The lowest BCUT2D eigenvalue weighted by molar-refractivity contribution is -0.128. The second-order valence-corrected chi connectivity index (χ2v) is 6.32. The zero-order valence-electron chi connectivity index (χ0n) is 11.5. The Morgan fingerprint density at radius 2 is 2.20 bits per heavy atom. The van der Waals surface area contributed by atoms with Crippen LogP contribution in [0.5, 0.6) is 0 Å². The van der Waals surface area contributed by atoms with E-state index in [0.29, 0.717) is 25.3 Å². The smallest absolute Gasteiger partial charge is 0.223 e. The third-order valence-corrected chi connectivity index (χ3v) is 4.41. The van der Waals surface area contributed by atoms with Crippen molar-refractivity contribution >= 4 is 22.8 Å². The van der Waals surface area contributed by atoms with Gasteiger partial charge in [0.1, 0.15) is 0 Å². The third-order valence-electron chi connectivity index (χ3n) is 3.36. The SMILES string of the molecule is CC(=O)SCC1CC(=O)N(Cc2cccc(CO)c2)C1. The van der Waals surface area contributed by atoms with Crippen molar-refractivity contribution in [2.75, 3.05) is 12.3 Å². The van der Waals surface area contributed by atoms with Gasteiger partial charge in [0.05, 0.1) is 6.61 Å². The van der Waals surface area contributed by atoms with E-state index in [1.807, 2.05) is 29.2 Å².